The van der Waals surface area contributed by atoms with Crippen molar-refractivity contribution in [2.75, 3.05) is 13.6 Å². The van der Waals surface area contributed by atoms with E-state index in [9.17, 15) is 5.11 Å². The Morgan fingerprint density at radius 3 is 2.65 bits per heavy atom. The van der Waals surface area contributed by atoms with Crippen LogP contribution in [0.1, 0.15) is 59.4 Å². The fourth-order valence-electron chi connectivity index (χ4n) is 6.02. The van der Waals surface area contributed by atoms with Crippen LogP contribution < -0.4 is 0 Å². The Balaban J connectivity index is 1.76. The molecule has 1 aliphatic heterocycles. The van der Waals surface area contributed by atoms with Crippen molar-refractivity contribution in [3.05, 3.63) is 64.2 Å². The van der Waals surface area contributed by atoms with E-state index in [1.54, 1.807) is 11.1 Å². The molecule has 2 unspecified atom stereocenters. The molecule has 0 saturated heterocycles. The van der Waals surface area contributed by atoms with Gasteiger partial charge in [0, 0.05) is 12.5 Å². The van der Waals surface area contributed by atoms with Gasteiger partial charge in [0.1, 0.15) is 5.75 Å². The van der Waals surface area contributed by atoms with Crippen LogP contribution in [0.3, 0.4) is 0 Å². The van der Waals surface area contributed by atoms with Gasteiger partial charge < -0.3 is 5.11 Å². The van der Waals surface area contributed by atoms with Gasteiger partial charge in [0.2, 0.25) is 0 Å². The number of aromatic hydroxyl groups is 1. The molecular weight excluding hydrogens is 318 g/mol. The molecule has 2 aromatic rings. The van der Waals surface area contributed by atoms with Crippen molar-refractivity contribution < 1.29 is 5.11 Å². The van der Waals surface area contributed by atoms with Gasteiger partial charge in [0.15, 0.2) is 0 Å². The molecule has 0 aromatic heterocycles. The first-order valence-electron chi connectivity index (χ1n) is 10.2. The van der Waals surface area contributed by atoms with E-state index >= 15 is 0 Å². The van der Waals surface area contributed by atoms with Crippen LogP contribution in [-0.4, -0.2) is 23.6 Å². The maximum atomic E-state index is 10.6. The Morgan fingerprint density at radius 2 is 1.85 bits per heavy atom. The zero-order chi connectivity index (χ0) is 17.9. The van der Waals surface area contributed by atoms with E-state index in [-0.39, 0.29) is 5.54 Å². The van der Waals surface area contributed by atoms with Crippen LogP contribution in [-0.2, 0) is 18.4 Å². The summed E-state index contributed by atoms with van der Waals surface area (Å²) in [6, 6.07) is 13.5. The van der Waals surface area contributed by atoms with Gasteiger partial charge in [-0.15, -0.1) is 0 Å². The first-order valence-corrected chi connectivity index (χ1v) is 10.2. The number of aryl methyl sites for hydroxylation is 2. The van der Waals surface area contributed by atoms with Crippen molar-refractivity contribution in [2.24, 2.45) is 5.92 Å². The summed E-state index contributed by atoms with van der Waals surface area (Å²) >= 11 is 0. The molecule has 3 aliphatic rings. The van der Waals surface area contributed by atoms with Crippen molar-refractivity contribution in [1.29, 1.82) is 0 Å². The van der Waals surface area contributed by atoms with Crippen LogP contribution in [0.2, 0.25) is 0 Å². The van der Waals surface area contributed by atoms with Crippen LogP contribution >= 0.6 is 0 Å². The predicted octanol–water partition coefficient (Wildman–Crippen LogP) is 4.91. The molecule has 0 amide bonds. The summed E-state index contributed by atoms with van der Waals surface area (Å²) in [5.41, 5.74) is 7.05. The van der Waals surface area contributed by atoms with Crippen molar-refractivity contribution in [2.45, 2.75) is 56.9 Å². The lowest BCUT2D eigenvalue weighted by molar-refractivity contribution is 0.0428. The number of hydrogen-bond acceptors (Lipinski definition) is 2. The summed E-state index contributed by atoms with van der Waals surface area (Å²) in [5.74, 6) is 1.71. The van der Waals surface area contributed by atoms with Gasteiger partial charge in [-0.3, -0.25) is 4.90 Å². The van der Waals surface area contributed by atoms with E-state index in [4.69, 9.17) is 0 Å². The van der Waals surface area contributed by atoms with Gasteiger partial charge in [-0.2, -0.15) is 0 Å². The molecule has 2 atom stereocenters. The van der Waals surface area contributed by atoms with Gasteiger partial charge in [-0.1, -0.05) is 30.3 Å². The molecule has 26 heavy (non-hydrogen) atoms. The lowest BCUT2D eigenvalue weighted by atomic mass is 9.62. The third-order valence-corrected chi connectivity index (χ3v) is 7.30. The van der Waals surface area contributed by atoms with Crippen LogP contribution in [0, 0.1) is 12.8 Å². The van der Waals surface area contributed by atoms with Crippen molar-refractivity contribution in [3.8, 4) is 5.75 Å². The van der Waals surface area contributed by atoms with E-state index < -0.39 is 0 Å². The normalized spacial score (nSPS) is 28.5. The Hall–Kier alpha value is -1.80. The molecule has 2 heteroatoms. The minimum Gasteiger partial charge on any atom is -0.508 e. The monoisotopic (exact) mass is 347 g/mol. The molecule has 0 radical (unpaired) electrons. The average molecular weight is 348 g/mol. The molecule has 0 spiro atoms. The van der Waals surface area contributed by atoms with E-state index in [2.05, 4.69) is 48.3 Å². The number of hydrogen-bond donors (Lipinski definition) is 1. The Morgan fingerprint density at radius 1 is 1.04 bits per heavy atom. The lowest BCUT2D eigenvalue weighted by Crippen LogP contribution is -2.54. The fourth-order valence-corrected chi connectivity index (χ4v) is 6.02. The molecule has 2 nitrogen and oxygen atoms in total. The zero-order valence-electron chi connectivity index (χ0n) is 16.0. The SMILES string of the molecule is Cc1cc2c(cc1O)C(C1CC1)(C1CCCc3ccccc31)N(C)CC2. The second kappa shape index (κ2) is 5.85. The van der Waals surface area contributed by atoms with Crippen LogP contribution in [0.15, 0.2) is 36.4 Å². The zero-order valence-corrected chi connectivity index (χ0v) is 16.0. The molecule has 0 bridgehead atoms. The fraction of sp³-hybridized carbons (Fsp3) is 0.500. The summed E-state index contributed by atoms with van der Waals surface area (Å²) in [6.07, 6.45) is 7.47. The van der Waals surface area contributed by atoms with Crippen molar-refractivity contribution in [3.63, 3.8) is 0 Å². The molecule has 1 saturated carbocycles. The highest BCUT2D eigenvalue weighted by atomic mass is 16.3. The van der Waals surface area contributed by atoms with Crippen molar-refractivity contribution in [1.82, 2.24) is 4.90 Å². The highest BCUT2D eigenvalue weighted by Crippen LogP contribution is 2.61. The number of phenols is 1. The van der Waals surface area contributed by atoms with E-state index in [0.717, 1.165) is 18.5 Å². The Bertz CT molecular complexity index is 853. The molecule has 2 aliphatic carbocycles. The first-order chi connectivity index (χ1) is 12.6. The summed E-state index contributed by atoms with van der Waals surface area (Å²) in [4.78, 5) is 2.65. The molecule has 1 fully saturated rings. The largest absolute Gasteiger partial charge is 0.508 e. The quantitative estimate of drug-likeness (QED) is 0.834. The minimum atomic E-state index is 0.0509. The number of nitrogens with zero attached hydrogens (tertiary/aromatic N) is 1. The Kier molecular flexibility index (Phi) is 3.69. The number of benzene rings is 2. The highest BCUT2D eigenvalue weighted by Gasteiger charge is 2.56. The van der Waals surface area contributed by atoms with E-state index in [1.165, 1.54) is 43.2 Å². The third-order valence-electron chi connectivity index (χ3n) is 7.30. The lowest BCUT2D eigenvalue weighted by Gasteiger charge is -2.53. The van der Waals surface area contributed by atoms with E-state index in [0.29, 0.717) is 17.6 Å². The molecule has 5 rings (SSSR count). The maximum absolute atomic E-state index is 10.6. The highest BCUT2D eigenvalue weighted by molar-refractivity contribution is 5.50. The van der Waals surface area contributed by atoms with Crippen LogP contribution in [0.25, 0.3) is 0 Å². The molecule has 1 N–H and O–H groups in total. The average Bonchev–Trinajstić information content (AvgIpc) is 3.49. The molecule has 1 heterocycles. The summed E-state index contributed by atoms with van der Waals surface area (Å²) in [6.45, 7) is 3.15. The number of rotatable bonds is 2. The van der Waals surface area contributed by atoms with Gasteiger partial charge in [0.25, 0.3) is 0 Å². The third kappa shape index (κ3) is 2.21. The molecular formula is C24H29NO. The van der Waals surface area contributed by atoms with E-state index in [1.807, 2.05) is 6.92 Å². The van der Waals surface area contributed by atoms with Gasteiger partial charge in [-0.25, -0.2) is 0 Å². The summed E-state index contributed by atoms with van der Waals surface area (Å²) in [7, 11) is 2.33. The van der Waals surface area contributed by atoms with Gasteiger partial charge >= 0.3 is 0 Å². The second-order valence-corrected chi connectivity index (χ2v) is 8.71. The summed E-state index contributed by atoms with van der Waals surface area (Å²) in [5, 5.41) is 10.6. The number of fused-ring (bicyclic) bond motifs is 2. The minimum absolute atomic E-state index is 0.0509. The summed E-state index contributed by atoms with van der Waals surface area (Å²) < 4.78 is 0. The number of likely N-dealkylation sites (N-methyl/N-ethyl adjacent to an activating group) is 1. The van der Waals surface area contributed by atoms with Crippen LogP contribution in [0.4, 0.5) is 0 Å². The number of phenolic OH excluding ortho intramolecular Hbond substituents is 1. The molecule has 2 aromatic carbocycles. The Labute approximate surface area is 156 Å². The van der Waals surface area contributed by atoms with Crippen LogP contribution in [0.5, 0.6) is 5.75 Å². The predicted molar refractivity (Wildman–Crippen MR) is 106 cm³/mol. The smallest absolute Gasteiger partial charge is 0.118 e. The molecule has 136 valence electrons. The van der Waals surface area contributed by atoms with Gasteiger partial charge in [0.05, 0.1) is 5.54 Å². The van der Waals surface area contributed by atoms with Crippen molar-refractivity contribution >= 4 is 0 Å². The topological polar surface area (TPSA) is 23.5 Å². The standard InChI is InChI=1S/C24H29NO/c1-16-14-18-12-13-25(2)24(19-10-11-19,22(18)15-23(16)26)21-9-5-7-17-6-3-4-8-20(17)21/h3-4,6,8,14-15,19,21,26H,5,7,9-13H2,1-2H3. The second-order valence-electron chi connectivity index (χ2n) is 8.71. The van der Waals surface area contributed by atoms with Gasteiger partial charge in [-0.05, 0) is 92.3 Å². The first kappa shape index (κ1) is 16.4. The maximum Gasteiger partial charge on any atom is 0.118 e.